The molecule has 2 rings (SSSR count). The molecule has 0 bridgehead atoms. The number of ether oxygens (including phenoxy) is 2. The van der Waals surface area contributed by atoms with Gasteiger partial charge < -0.3 is 15.2 Å². The van der Waals surface area contributed by atoms with Crippen LogP contribution >= 0.6 is 15.9 Å². The fourth-order valence-corrected chi connectivity index (χ4v) is 2.12. The summed E-state index contributed by atoms with van der Waals surface area (Å²) in [5.74, 6) is 2.19. The van der Waals surface area contributed by atoms with Crippen LogP contribution in [-0.2, 0) is 6.54 Å². The van der Waals surface area contributed by atoms with Crippen molar-refractivity contribution >= 4 is 15.9 Å². The Morgan fingerprint density at radius 3 is 2.50 bits per heavy atom. The summed E-state index contributed by atoms with van der Waals surface area (Å²) in [5, 5.41) is 0. The Balaban J connectivity index is 2.27. The van der Waals surface area contributed by atoms with E-state index in [0.717, 1.165) is 28.0 Å². The zero-order valence-electron chi connectivity index (χ0n) is 11.4. The molecule has 0 radical (unpaired) electrons. The van der Waals surface area contributed by atoms with Gasteiger partial charge in [0.1, 0.15) is 5.75 Å². The molecule has 0 amide bonds. The summed E-state index contributed by atoms with van der Waals surface area (Å²) < 4.78 is 12.6. The van der Waals surface area contributed by atoms with E-state index >= 15 is 0 Å². The molecule has 0 aliphatic rings. The van der Waals surface area contributed by atoms with Gasteiger partial charge in [0.25, 0.3) is 0 Å². The molecule has 0 unspecified atom stereocenters. The summed E-state index contributed by atoms with van der Waals surface area (Å²) in [4.78, 5) is 0. The molecule has 0 aliphatic carbocycles. The Morgan fingerprint density at radius 2 is 1.80 bits per heavy atom. The van der Waals surface area contributed by atoms with Crippen molar-refractivity contribution in [3.05, 3.63) is 52.5 Å². The molecular formula is C16H18BrNO2. The average Bonchev–Trinajstić information content (AvgIpc) is 2.47. The van der Waals surface area contributed by atoms with E-state index in [2.05, 4.69) is 22.9 Å². The summed E-state index contributed by atoms with van der Waals surface area (Å²) in [7, 11) is 0. The summed E-state index contributed by atoms with van der Waals surface area (Å²) in [6, 6.07) is 13.5. The van der Waals surface area contributed by atoms with Gasteiger partial charge in [0, 0.05) is 16.6 Å². The molecule has 2 aromatic rings. The number of halogens is 1. The van der Waals surface area contributed by atoms with Crippen LogP contribution in [0.1, 0.15) is 18.9 Å². The van der Waals surface area contributed by atoms with Crippen LogP contribution in [0.4, 0.5) is 0 Å². The Bertz CT molecular complexity index is 572. The molecule has 0 atom stereocenters. The van der Waals surface area contributed by atoms with Crippen LogP contribution in [0, 0.1) is 0 Å². The predicted molar refractivity (Wildman–Crippen MR) is 84.3 cm³/mol. The zero-order valence-corrected chi connectivity index (χ0v) is 13.0. The molecule has 4 heteroatoms. The van der Waals surface area contributed by atoms with Crippen molar-refractivity contribution in [2.75, 3.05) is 6.61 Å². The number of hydrogen-bond donors (Lipinski definition) is 1. The van der Waals surface area contributed by atoms with E-state index in [0.29, 0.717) is 18.9 Å². The highest BCUT2D eigenvalue weighted by Gasteiger charge is 2.09. The Labute approximate surface area is 127 Å². The van der Waals surface area contributed by atoms with Crippen molar-refractivity contribution in [1.82, 2.24) is 0 Å². The third-order valence-electron chi connectivity index (χ3n) is 2.78. The standard InChI is InChI=1S/C16H18BrNO2/c1-2-9-19-14-5-3-4-6-15(14)20-16-10-13(17)8-7-12(16)11-18/h3-8,10H,2,9,11,18H2,1H3. The topological polar surface area (TPSA) is 44.5 Å². The predicted octanol–water partition coefficient (Wildman–Crippen LogP) is 4.49. The van der Waals surface area contributed by atoms with E-state index in [1.165, 1.54) is 0 Å². The molecule has 2 N–H and O–H groups in total. The maximum Gasteiger partial charge on any atom is 0.169 e. The minimum atomic E-state index is 0.431. The van der Waals surface area contributed by atoms with Gasteiger partial charge >= 0.3 is 0 Å². The second kappa shape index (κ2) is 7.31. The van der Waals surface area contributed by atoms with Crippen LogP contribution in [0.2, 0.25) is 0 Å². The Morgan fingerprint density at radius 1 is 1.05 bits per heavy atom. The molecule has 20 heavy (non-hydrogen) atoms. The van der Waals surface area contributed by atoms with Gasteiger partial charge in [-0.1, -0.05) is 41.1 Å². The first-order valence-electron chi connectivity index (χ1n) is 6.62. The molecule has 0 aromatic heterocycles. The summed E-state index contributed by atoms with van der Waals surface area (Å²) in [6.45, 7) is 3.17. The maximum absolute atomic E-state index is 5.97. The fourth-order valence-electron chi connectivity index (χ4n) is 1.78. The van der Waals surface area contributed by atoms with Crippen molar-refractivity contribution in [1.29, 1.82) is 0 Å². The summed E-state index contributed by atoms with van der Waals surface area (Å²) in [5.41, 5.74) is 6.70. The maximum atomic E-state index is 5.97. The average molecular weight is 336 g/mol. The van der Waals surface area contributed by atoms with E-state index < -0.39 is 0 Å². The normalized spacial score (nSPS) is 10.3. The van der Waals surface area contributed by atoms with E-state index in [-0.39, 0.29) is 0 Å². The van der Waals surface area contributed by atoms with Gasteiger partial charge in [0.15, 0.2) is 11.5 Å². The lowest BCUT2D eigenvalue weighted by molar-refractivity contribution is 0.302. The number of rotatable bonds is 6. The largest absolute Gasteiger partial charge is 0.490 e. The fraction of sp³-hybridized carbons (Fsp3) is 0.250. The van der Waals surface area contributed by atoms with Crippen molar-refractivity contribution < 1.29 is 9.47 Å². The van der Waals surface area contributed by atoms with E-state index in [4.69, 9.17) is 15.2 Å². The Kier molecular flexibility index (Phi) is 5.44. The molecular weight excluding hydrogens is 318 g/mol. The zero-order chi connectivity index (χ0) is 14.4. The van der Waals surface area contributed by atoms with Gasteiger partial charge in [-0.2, -0.15) is 0 Å². The molecule has 0 heterocycles. The monoisotopic (exact) mass is 335 g/mol. The lowest BCUT2D eigenvalue weighted by Gasteiger charge is -2.14. The first-order chi connectivity index (χ1) is 9.74. The lowest BCUT2D eigenvalue weighted by atomic mass is 10.2. The van der Waals surface area contributed by atoms with Gasteiger partial charge in [-0.15, -0.1) is 0 Å². The van der Waals surface area contributed by atoms with Crippen LogP contribution in [0.5, 0.6) is 17.2 Å². The number of para-hydroxylation sites is 2. The van der Waals surface area contributed by atoms with Gasteiger partial charge in [-0.25, -0.2) is 0 Å². The second-order valence-corrected chi connectivity index (χ2v) is 5.27. The molecule has 0 fully saturated rings. The van der Waals surface area contributed by atoms with Gasteiger partial charge in [-0.05, 0) is 30.7 Å². The summed E-state index contributed by atoms with van der Waals surface area (Å²) >= 11 is 3.45. The SMILES string of the molecule is CCCOc1ccccc1Oc1cc(Br)ccc1CN. The van der Waals surface area contributed by atoms with Crippen molar-refractivity contribution in [2.24, 2.45) is 5.73 Å². The second-order valence-electron chi connectivity index (χ2n) is 4.35. The molecule has 0 spiro atoms. The van der Waals surface area contributed by atoms with Crippen LogP contribution in [-0.4, -0.2) is 6.61 Å². The van der Waals surface area contributed by atoms with Crippen molar-refractivity contribution in [3.63, 3.8) is 0 Å². The van der Waals surface area contributed by atoms with E-state index in [9.17, 15) is 0 Å². The van der Waals surface area contributed by atoms with Gasteiger partial charge in [0.05, 0.1) is 6.61 Å². The van der Waals surface area contributed by atoms with E-state index in [1.807, 2.05) is 42.5 Å². The van der Waals surface area contributed by atoms with E-state index in [1.54, 1.807) is 0 Å². The third kappa shape index (κ3) is 3.74. The number of nitrogens with two attached hydrogens (primary N) is 1. The van der Waals surface area contributed by atoms with Crippen LogP contribution in [0.3, 0.4) is 0 Å². The van der Waals surface area contributed by atoms with Gasteiger partial charge in [0.2, 0.25) is 0 Å². The minimum absolute atomic E-state index is 0.431. The Hall–Kier alpha value is -1.52. The third-order valence-corrected chi connectivity index (χ3v) is 3.27. The van der Waals surface area contributed by atoms with Gasteiger partial charge in [-0.3, -0.25) is 0 Å². The first kappa shape index (κ1) is 14.9. The highest BCUT2D eigenvalue weighted by atomic mass is 79.9. The highest BCUT2D eigenvalue weighted by Crippen LogP contribution is 2.34. The molecule has 0 saturated heterocycles. The number of benzene rings is 2. The first-order valence-corrected chi connectivity index (χ1v) is 7.42. The van der Waals surface area contributed by atoms with Crippen LogP contribution in [0.15, 0.2) is 46.9 Å². The summed E-state index contributed by atoms with van der Waals surface area (Å²) in [6.07, 6.45) is 0.958. The minimum Gasteiger partial charge on any atom is -0.490 e. The van der Waals surface area contributed by atoms with Crippen LogP contribution in [0.25, 0.3) is 0 Å². The van der Waals surface area contributed by atoms with Crippen LogP contribution < -0.4 is 15.2 Å². The quantitative estimate of drug-likeness (QED) is 0.845. The highest BCUT2D eigenvalue weighted by molar-refractivity contribution is 9.10. The molecule has 0 aliphatic heterocycles. The molecule has 2 aromatic carbocycles. The molecule has 0 saturated carbocycles. The van der Waals surface area contributed by atoms with Crippen molar-refractivity contribution in [2.45, 2.75) is 19.9 Å². The van der Waals surface area contributed by atoms with Crippen molar-refractivity contribution in [3.8, 4) is 17.2 Å². The lowest BCUT2D eigenvalue weighted by Crippen LogP contribution is -2.01. The molecule has 106 valence electrons. The molecule has 3 nitrogen and oxygen atoms in total. The number of hydrogen-bond acceptors (Lipinski definition) is 3. The smallest absolute Gasteiger partial charge is 0.169 e.